The topological polar surface area (TPSA) is 87.0 Å². The number of rotatable bonds is 5. The van der Waals surface area contributed by atoms with Crippen LogP contribution in [-0.4, -0.2) is 35.7 Å². The molecule has 0 fully saturated rings. The number of hydrogen-bond donors (Lipinski definition) is 0. The Morgan fingerprint density at radius 3 is 2.39 bits per heavy atom. The van der Waals surface area contributed by atoms with Crippen molar-refractivity contribution in [3.05, 3.63) is 60.2 Å². The molecule has 0 spiro atoms. The molecule has 1 heterocycles. The standard InChI is InChI=1S/C15H14N4O3S/c1-22-14-9-7-13(8-10-14)19-15(16-17-18-19)23(20,21)11-12-5-3-2-4-6-12/h2-10H,11H2,1H3. The molecule has 2 aromatic carbocycles. The van der Waals surface area contributed by atoms with Crippen LogP contribution < -0.4 is 4.74 Å². The van der Waals surface area contributed by atoms with Gasteiger partial charge < -0.3 is 4.74 Å². The van der Waals surface area contributed by atoms with E-state index in [1.54, 1.807) is 55.6 Å². The summed E-state index contributed by atoms with van der Waals surface area (Å²) in [5, 5.41) is 10.8. The Morgan fingerprint density at radius 2 is 1.74 bits per heavy atom. The summed E-state index contributed by atoms with van der Waals surface area (Å²) in [6.45, 7) is 0. The van der Waals surface area contributed by atoms with Crippen LogP contribution in [0.15, 0.2) is 59.8 Å². The van der Waals surface area contributed by atoms with Crippen molar-refractivity contribution in [2.75, 3.05) is 7.11 Å². The summed E-state index contributed by atoms with van der Waals surface area (Å²) in [5.74, 6) is 0.500. The summed E-state index contributed by atoms with van der Waals surface area (Å²) < 4.78 is 31.5. The summed E-state index contributed by atoms with van der Waals surface area (Å²) in [5.41, 5.74) is 1.22. The van der Waals surface area contributed by atoms with E-state index in [0.717, 1.165) is 0 Å². The number of methoxy groups -OCH3 is 1. The number of benzene rings is 2. The normalized spacial score (nSPS) is 11.3. The van der Waals surface area contributed by atoms with Crippen molar-refractivity contribution >= 4 is 9.84 Å². The highest BCUT2D eigenvalue weighted by Crippen LogP contribution is 2.19. The van der Waals surface area contributed by atoms with Gasteiger partial charge in [0.25, 0.3) is 5.16 Å². The van der Waals surface area contributed by atoms with Gasteiger partial charge in [-0.25, -0.2) is 8.42 Å². The minimum atomic E-state index is -3.67. The Balaban J connectivity index is 1.96. The fraction of sp³-hybridized carbons (Fsp3) is 0.133. The maximum absolute atomic E-state index is 12.6. The molecule has 0 radical (unpaired) electrons. The van der Waals surface area contributed by atoms with Crippen molar-refractivity contribution in [3.8, 4) is 11.4 Å². The smallest absolute Gasteiger partial charge is 0.272 e. The first-order chi connectivity index (χ1) is 11.1. The number of hydrogen-bond acceptors (Lipinski definition) is 6. The molecular weight excluding hydrogens is 316 g/mol. The zero-order valence-electron chi connectivity index (χ0n) is 12.3. The van der Waals surface area contributed by atoms with Crippen molar-refractivity contribution in [2.45, 2.75) is 10.9 Å². The van der Waals surface area contributed by atoms with E-state index >= 15 is 0 Å². The second kappa shape index (κ2) is 6.17. The van der Waals surface area contributed by atoms with E-state index < -0.39 is 9.84 Å². The number of aromatic nitrogens is 4. The molecule has 0 aliphatic rings. The van der Waals surface area contributed by atoms with Crippen LogP contribution in [0.5, 0.6) is 5.75 Å². The molecule has 0 saturated heterocycles. The predicted octanol–water partition coefficient (Wildman–Crippen LogP) is 1.64. The van der Waals surface area contributed by atoms with Crippen molar-refractivity contribution in [2.24, 2.45) is 0 Å². The summed E-state index contributed by atoms with van der Waals surface area (Å²) in [7, 11) is -2.11. The van der Waals surface area contributed by atoms with Gasteiger partial charge in [0.2, 0.25) is 9.84 Å². The molecule has 0 saturated carbocycles. The molecular formula is C15H14N4O3S. The lowest BCUT2D eigenvalue weighted by atomic mass is 10.2. The third-order valence-corrected chi connectivity index (χ3v) is 4.76. The first-order valence-corrected chi connectivity index (χ1v) is 8.45. The fourth-order valence-electron chi connectivity index (χ4n) is 2.12. The van der Waals surface area contributed by atoms with Gasteiger partial charge in [-0.3, -0.25) is 0 Å². The van der Waals surface area contributed by atoms with Gasteiger partial charge in [0.1, 0.15) is 5.75 Å². The van der Waals surface area contributed by atoms with Gasteiger partial charge in [0.05, 0.1) is 18.6 Å². The molecule has 7 nitrogen and oxygen atoms in total. The molecule has 3 aromatic rings. The molecule has 0 N–H and O–H groups in total. The average molecular weight is 330 g/mol. The fourth-order valence-corrected chi connectivity index (χ4v) is 3.44. The van der Waals surface area contributed by atoms with Crippen molar-refractivity contribution in [3.63, 3.8) is 0 Å². The first-order valence-electron chi connectivity index (χ1n) is 6.79. The zero-order valence-corrected chi connectivity index (χ0v) is 13.1. The first kappa shape index (κ1) is 15.2. The molecule has 0 bridgehead atoms. The Hall–Kier alpha value is -2.74. The summed E-state index contributed by atoms with van der Waals surface area (Å²) in [4.78, 5) is 0. The van der Waals surface area contributed by atoms with E-state index in [4.69, 9.17) is 4.74 Å². The lowest BCUT2D eigenvalue weighted by Gasteiger charge is -2.06. The zero-order chi connectivity index (χ0) is 16.3. The number of ether oxygens (including phenoxy) is 1. The molecule has 1 aromatic heterocycles. The largest absolute Gasteiger partial charge is 0.497 e. The lowest BCUT2D eigenvalue weighted by molar-refractivity contribution is 0.414. The molecule has 0 aliphatic carbocycles. The predicted molar refractivity (Wildman–Crippen MR) is 83.0 cm³/mol. The van der Waals surface area contributed by atoms with E-state index in [0.29, 0.717) is 17.0 Å². The molecule has 0 unspecified atom stereocenters. The van der Waals surface area contributed by atoms with E-state index in [9.17, 15) is 8.42 Å². The van der Waals surface area contributed by atoms with Gasteiger partial charge in [-0.2, -0.15) is 4.68 Å². The van der Waals surface area contributed by atoms with Crippen molar-refractivity contribution in [1.82, 2.24) is 20.2 Å². The average Bonchev–Trinajstić information content (AvgIpc) is 3.06. The number of sulfone groups is 1. The molecule has 0 amide bonds. The van der Waals surface area contributed by atoms with Crippen LogP contribution in [0.25, 0.3) is 5.69 Å². The number of nitrogens with zero attached hydrogens (tertiary/aromatic N) is 4. The van der Waals surface area contributed by atoms with E-state index in [2.05, 4.69) is 15.5 Å². The second-order valence-corrected chi connectivity index (χ2v) is 6.70. The van der Waals surface area contributed by atoms with Crippen LogP contribution >= 0.6 is 0 Å². The quantitative estimate of drug-likeness (QED) is 0.707. The molecule has 0 atom stereocenters. The van der Waals surface area contributed by atoms with Crippen molar-refractivity contribution in [1.29, 1.82) is 0 Å². The van der Waals surface area contributed by atoms with Gasteiger partial charge in [0, 0.05) is 0 Å². The van der Waals surface area contributed by atoms with E-state index in [1.807, 2.05) is 6.07 Å². The minimum absolute atomic E-state index is 0.162. The highest BCUT2D eigenvalue weighted by molar-refractivity contribution is 7.90. The summed E-state index contributed by atoms with van der Waals surface area (Å²) in [6, 6.07) is 15.7. The molecule has 23 heavy (non-hydrogen) atoms. The molecule has 8 heteroatoms. The van der Waals surface area contributed by atoms with Gasteiger partial charge in [0.15, 0.2) is 0 Å². The van der Waals surface area contributed by atoms with Crippen LogP contribution in [-0.2, 0) is 15.6 Å². The second-order valence-electron chi connectivity index (χ2n) is 4.82. The van der Waals surface area contributed by atoms with E-state index in [1.165, 1.54) is 4.68 Å². The summed E-state index contributed by atoms with van der Waals surface area (Å²) >= 11 is 0. The van der Waals surface area contributed by atoms with Crippen LogP contribution in [0.4, 0.5) is 0 Å². The third-order valence-electron chi connectivity index (χ3n) is 3.24. The Bertz CT molecular complexity index is 890. The van der Waals surface area contributed by atoms with Gasteiger partial charge in [-0.05, 0) is 40.3 Å². The Morgan fingerprint density at radius 1 is 1.04 bits per heavy atom. The van der Waals surface area contributed by atoms with Gasteiger partial charge in [-0.15, -0.1) is 0 Å². The Kier molecular flexibility index (Phi) is 4.07. The highest BCUT2D eigenvalue weighted by Gasteiger charge is 2.24. The van der Waals surface area contributed by atoms with Gasteiger partial charge in [-0.1, -0.05) is 35.4 Å². The minimum Gasteiger partial charge on any atom is -0.497 e. The molecule has 3 rings (SSSR count). The van der Waals surface area contributed by atoms with Crippen molar-refractivity contribution < 1.29 is 13.2 Å². The monoisotopic (exact) mass is 330 g/mol. The maximum atomic E-state index is 12.6. The van der Waals surface area contributed by atoms with Gasteiger partial charge >= 0.3 is 0 Å². The van der Waals surface area contributed by atoms with Crippen LogP contribution in [0.3, 0.4) is 0 Å². The van der Waals surface area contributed by atoms with Crippen LogP contribution in [0.2, 0.25) is 0 Å². The van der Waals surface area contributed by atoms with Crippen LogP contribution in [0, 0.1) is 0 Å². The molecule has 0 aliphatic heterocycles. The SMILES string of the molecule is COc1ccc(-n2nnnc2S(=O)(=O)Cc2ccccc2)cc1. The van der Waals surface area contributed by atoms with E-state index in [-0.39, 0.29) is 10.9 Å². The lowest BCUT2D eigenvalue weighted by Crippen LogP contribution is -2.13. The number of tetrazole rings is 1. The third kappa shape index (κ3) is 3.21. The maximum Gasteiger partial charge on any atom is 0.272 e. The Labute approximate surface area is 133 Å². The van der Waals surface area contributed by atoms with Crippen LogP contribution in [0.1, 0.15) is 5.56 Å². The molecule has 118 valence electrons. The highest BCUT2D eigenvalue weighted by atomic mass is 32.2. The summed E-state index contributed by atoms with van der Waals surface area (Å²) in [6.07, 6.45) is 0.